The molecule has 1 aliphatic heterocycles. The van der Waals surface area contributed by atoms with Crippen molar-refractivity contribution >= 4 is 15.4 Å². The van der Waals surface area contributed by atoms with Gasteiger partial charge in [0.1, 0.15) is 0 Å². The number of hydrogen-bond donors (Lipinski definition) is 0. The van der Waals surface area contributed by atoms with Crippen LogP contribution in [0, 0.1) is 0 Å². The highest BCUT2D eigenvalue weighted by molar-refractivity contribution is 7.95. The molecule has 0 aromatic heterocycles. The van der Waals surface area contributed by atoms with Crippen LogP contribution in [-0.2, 0) is 14.6 Å². The summed E-state index contributed by atoms with van der Waals surface area (Å²) in [6.45, 7) is 4.19. The Kier molecular flexibility index (Phi) is 2.86. The van der Waals surface area contributed by atoms with Crippen molar-refractivity contribution in [2.75, 3.05) is 6.61 Å². The first-order chi connectivity index (χ1) is 7.50. The second-order valence-electron chi connectivity index (χ2n) is 4.04. The van der Waals surface area contributed by atoms with E-state index in [-0.39, 0.29) is 6.10 Å². The number of sulfone groups is 1. The first kappa shape index (κ1) is 11.4. The van der Waals surface area contributed by atoms with Crippen LogP contribution in [0.25, 0.3) is 5.57 Å². The van der Waals surface area contributed by atoms with Gasteiger partial charge in [-0.15, -0.1) is 0 Å². The summed E-state index contributed by atoms with van der Waals surface area (Å²) in [7, 11) is -3.24. The van der Waals surface area contributed by atoms with Crippen molar-refractivity contribution in [1.82, 2.24) is 0 Å². The maximum absolute atomic E-state index is 11.8. The molecule has 0 N–H and O–H groups in total. The Labute approximate surface area is 95.7 Å². The lowest BCUT2D eigenvalue weighted by molar-refractivity contribution is 0.107. The van der Waals surface area contributed by atoms with Crippen LogP contribution < -0.4 is 0 Å². The summed E-state index contributed by atoms with van der Waals surface area (Å²) in [5.41, 5.74) is 1.51. The van der Waals surface area contributed by atoms with Gasteiger partial charge in [0.25, 0.3) is 0 Å². The van der Waals surface area contributed by atoms with Gasteiger partial charge in [-0.2, -0.15) is 0 Å². The quantitative estimate of drug-likeness (QED) is 0.811. The van der Waals surface area contributed by atoms with Gasteiger partial charge in [0.2, 0.25) is 9.84 Å². The fourth-order valence-corrected chi connectivity index (χ4v) is 3.13. The molecule has 1 aromatic rings. The summed E-state index contributed by atoms with van der Waals surface area (Å²) in [6.07, 6.45) is 0.0939. The molecular formula is C12H14O3S. The molecule has 0 radical (unpaired) electrons. The molecule has 0 aliphatic carbocycles. The Morgan fingerprint density at radius 1 is 1.25 bits per heavy atom. The lowest BCUT2D eigenvalue weighted by atomic mass is 10.1. The van der Waals surface area contributed by atoms with E-state index in [2.05, 4.69) is 0 Å². The van der Waals surface area contributed by atoms with Gasteiger partial charge in [-0.25, -0.2) is 8.42 Å². The van der Waals surface area contributed by atoms with Gasteiger partial charge in [-0.05, 0) is 31.1 Å². The second-order valence-corrected chi connectivity index (χ2v) is 5.81. The number of benzene rings is 1. The lowest BCUT2D eigenvalue weighted by Gasteiger charge is -2.08. The Morgan fingerprint density at radius 3 is 2.62 bits per heavy atom. The third kappa shape index (κ3) is 2.03. The molecule has 0 atom stereocenters. The molecular weight excluding hydrogens is 224 g/mol. The van der Waals surface area contributed by atoms with E-state index in [4.69, 9.17) is 4.74 Å². The maximum atomic E-state index is 11.8. The van der Waals surface area contributed by atoms with Crippen LogP contribution in [0.3, 0.4) is 0 Å². The standard InChI is InChI=1S/C12H14O3S/c1-9(2)15-7-10-8-16(13,14)12-6-4-3-5-11(10)12/h3-6,8-9H,7H2,1-2H3. The third-order valence-electron chi connectivity index (χ3n) is 2.41. The molecule has 0 saturated heterocycles. The van der Waals surface area contributed by atoms with Crippen LogP contribution in [0.5, 0.6) is 0 Å². The van der Waals surface area contributed by atoms with Gasteiger partial charge in [-0.1, -0.05) is 18.2 Å². The maximum Gasteiger partial charge on any atom is 0.200 e. The molecule has 0 unspecified atom stereocenters. The zero-order valence-electron chi connectivity index (χ0n) is 9.30. The van der Waals surface area contributed by atoms with Crippen LogP contribution in [0.4, 0.5) is 0 Å². The number of rotatable bonds is 3. The molecule has 86 valence electrons. The average Bonchev–Trinajstić information content (AvgIpc) is 2.49. The van der Waals surface area contributed by atoms with Gasteiger partial charge in [0.15, 0.2) is 0 Å². The Balaban J connectivity index is 2.36. The number of ether oxygens (including phenoxy) is 1. The highest BCUT2D eigenvalue weighted by atomic mass is 32.2. The smallest absolute Gasteiger partial charge is 0.200 e. The van der Waals surface area contributed by atoms with E-state index in [0.717, 1.165) is 11.1 Å². The molecule has 4 heteroatoms. The van der Waals surface area contributed by atoms with Crippen molar-refractivity contribution in [3.8, 4) is 0 Å². The monoisotopic (exact) mass is 238 g/mol. The lowest BCUT2D eigenvalue weighted by Crippen LogP contribution is -2.04. The zero-order valence-corrected chi connectivity index (χ0v) is 10.1. The third-order valence-corrected chi connectivity index (χ3v) is 3.97. The Bertz CT molecular complexity index is 527. The van der Waals surface area contributed by atoms with Crippen molar-refractivity contribution in [1.29, 1.82) is 0 Å². The minimum absolute atomic E-state index is 0.0939. The van der Waals surface area contributed by atoms with E-state index in [0.29, 0.717) is 11.5 Å². The Hall–Kier alpha value is -1.13. The van der Waals surface area contributed by atoms with Gasteiger partial charge in [0, 0.05) is 5.41 Å². The van der Waals surface area contributed by atoms with Crippen LogP contribution in [-0.4, -0.2) is 21.1 Å². The van der Waals surface area contributed by atoms with Crippen molar-refractivity contribution in [2.45, 2.75) is 24.8 Å². The molecule has 0 fully saturated rings. The molecule has 0 amide bonds. The SMILES string of the molecule is CC(C)OCC1=CS(=O)(=O)c2ccccc21. The fraction of sp³-hybridized carbons (Fsp3) is 0.333. The summed E-state index contributed by atoms with van der Waals surface area (Å²) in [6, 6.07) is 7.01. The van der Waals surface area contributed by atoms with Crippen molar-refractivity contribution in [3.05, 3.63) is 35.2 Å². The minimum atomic E-state index is -3.24. The summed E-state index contributed by atoms with van der Waals surface area (Å²) >= 11 is 0. The predicted molar refractivity (Wildman–Crippen MR) is 62.7 cm³/mol. The van der Waals surface area contributed by atoms with E-state index in [1.807, 2.05) is 26.0 Å². The highest BCUT2D eigenvalue weighted by Crippen LogP contribution is 2.33. The van der Waals surface area contributed by atoms with E-state index in [1.165, 1.54) is 5.41 Å². The fourth-order valence-electron chi connectivity index (χ4n) is 1.66. The second kappa shape index (κ2) is 4.03. The first-order valence-electron chi connectivity index (χ1n) is 5.17. The highest BCUT2D eigenvalue weighted by Gasteiger charge is 2.26. The summed E-state index contributed by atoms with van der Waals surface area (Å²) in [5.74, 6) is 0. The van der Waals surface area contributed by atoms with Gasteiger partial charge >= 0.3 is 0 Å². The van der Waals surface area contributed by atoms with Crippen LogP contribution in [0.1, 0.15) is 19.4 Å². The molecule has 0 saturated carbocycles. The molecule has 1 heterocycles. The first-order valence-corrected chi connectivity index (χ1v) is 6.72. The summed E-state index contributed by atoms with van der Waals surface area (Å²) in [5, 5.41) is 1.31. The predicted octanol–water partition coefficient (Wildman–Crippen LogP) is 2.24. The molecule has 16 heavy (non-hydrogen) atoms. The molecule has 2 rings (SSSR count). The van der Waals surface area contributed by atoms with Gasteiger partial charge in [0.05, 0.1) is 17.6 Å². The largest absolute Gasteiger partial charge is 0.374 e. The van der Waals surface area contributed by atoms with Crippen molar-refractivity contribution in [2.24, 2.45) is 0 Å². The van der Waals surface area contributed by atoms with Crippen LogP contribution in [0.2, 0.25) is 0 Å². The van der Waals surface area contributed by atoms with E-state index in [9.17, 15) is 8.42 Å². The topological polar surface area (TPSA) is 43.4 Å². The molecule has 0 bridgehead atoms. The average molecular weight is 238 g/mol. The molecule has 3 nitrogen and oxygen atoms in total. The Morgan fingerprint density at radius 2 is 1.94 bits per heavy atom. The number of fused-ring (bicyclic) bond motifs is 1. The van der Waals surface area contributed by atoms with E-state index >= 15 is 0 Å². The van der Waals surface area contributed by atoms with E-state index in [1.54, 1.807) is 12.1 Å². The normalized spacial score (nSPS) is 17.3. The van der Waals surface area contributed by atoms with E-state index < -0.39 is 9.84 Å². The van der Waals surface area contributed by atoms with Gasteiger partial charge < -0.3 is 4.74 Å². The van der Waals surface area contributed by atoms with Gasteiger partial charge in [-0.3, -0.25) is 0 Å². The minimum Gasteiger partial charge on any atom is -0.374 e. The summed E-state index contributed by atoms with van der Waals surface area (Å²) in [4.78, 5) is 0.386. The van der Waals surface area contributed by atoms with Crippen LogP contribution >= 0.6 is 0 Å². The molecule has 1 aliphatic rings. The number of hydrogen-bond acceptors (Lipinski definition) is 3. The van der Waals surface area contributed by atoms with Crippen molar-refractivity contribution < 1.29 is 13.2 Å². The molecule has 1 aromatic carbocycles. The summed E-state index contributed by atoms with van der Waals surface area (Å²) < 4.78 is 29.0. The van der Waals surface area contributed by atoms with Crippen molar-refractivity contribution in [3.63, 3.8) is 0 Å². The zero-order chi connectivity index (χ0) is 11.8. The molecule has 0 spiro atoms. The van der Waals surface area contributed by atoms with Crippen LogP contribution in [0.15, 0.2) is 34.6 Å².